The highest BCUT2D eigenvalue weighted by Crippen LogP contribution is 2.43. The zero-order valence-corrected chi connectivity index (χ0v) is 10.2. The van der Waals surface area contributed by atoms with Gasteiger partial charge in [0.15, 0.2) is 0 Å². The molecule has 0 spiro atoms. The van der Waals surface area contributed by atoms with Crippen LogP contribution in [-0.4, -0.2) is 6.61 Å². The standard InChI is InChI=1S/C15H20O/c1-10-3-6-14-12(7-10)4-5-13-8-11(2)9-16-15(13)14/h3,6-7,11,13,15H,4-5,8-9H2,1-2H3. The maximum absolute atomic E-state index is 6.06. The molecule has 1 heteroatoms. The summed E-state index contributed by atoms with van der Waals surface area (Å²) in [4.78, 5) is 0. The highest BCUT2D eigenvalue weighted by molar-refractivity contribution is 5.35. The van der Waals surface area contributed by atoms with Gasteiger partial charge in [0.2, 0.25) is 0 Å². The highest BCUT2D eigenvalue weighted by Gasteiger charge is 2.34. The average molecular weight is 216 g/mol. The van der Waals surface area contributed by atoms with E-state index < -0.39 is 0 Å². The van der Waals surface area contributed by atoms with Crippen LogP contribution in [0.1, 0.15) is 42.6 Å². The second-order valence-corrected chi connectivity index (χ2v) is 5.60. The van der Waals surface area contributed by atoms with E-state index in [-0.39, 0.29) is 0 Å². The predicted octanol–water partition coefficient (Wildman–Crippen LogP) is 3.65. The first-order valence-electron chi connectivity index (χ1n) is 6.45. The normalized spacial score (nSPS) is 33.0. The molecule has 1 aromatic rings. The molecule has 1 aliphatic carbocycles. The van der Waals surface area contributed by atoms with Gasteiger partial charge in [-0.2, -0.15) is 0 Å². The number of benzene rings is 1. The van der Waals surface area contributed by atoms with Crippen LogP contribution in [-0.2, 0) is 11.2 Å². The van der Waals surface area contributed by atoms with Gasteiger partial charge in [0, 0.05) is 6.61 Å². The van der Waals surface area contributed by atoms with Crippen molar-refractivity contribution in [2.24, 2.45) is 11.8 Å². The van der Waals surface area contributed by atoms with Crippen molar-refractivity contribution in [1.29, 1.82) is 0 Å². The first kappa shape index (κ1) is 10.3. The van der Waals surface area contributed by atoms with Crippen LogP contribution in [0.25, 0.3) is 0 Å². The third kappa shape index (κ3) is 1.67. The molecule has 1 nitrogen and oxygen atoms in total. The minimum absolute atomic E-state index is 0.389. The summed E-state index contributed by atoms with van der Waals surface area (Å²) in [5, 5.41) is 0. The number of rotatable bonds is 0. The van der Waals surface area contributed by atoms with Gasteiger partial charge in [-0.3, -0.25) is 0 Å². The van der Waals surface area contributed by atoms with E-state index in [1.165, 1.54) is 36.0 Å². The summed E-state index contributed by atoms with van der Waals surface area (Å²) >= 11 is 0. The van der Waals surface area contributed by atoms with E-state index in [2.05, 4.69) is 32.0 Å². The zero-order valence-electron chi connectivity index (χ0n) is 10.2. The summed E-state index contributed by atoms with van der Waals surface area (Å²) < 4.78 is 6.06. The van der Waals surface area contributed by atoms with Crippen molar-refractivity contribution in [3.8, 4) is 0 Å². The van der Waals surface area contributed by atoms with Gasteiger partial charge in [-0.1, -0.05) is 30.7 Å². The molecule has 0 amide bonds. The van der Waals surface area contributed by atoms with Gasteiger partial charge >= 0.3 is 0 Å². The fourth-order valence-corrected chi connectivity index (χ4v) is 3.29. The van der Waals surface area contributed by atoms with E-state index in [1.54, 1.807) is 0 Å². The molecule has 1 aliphatic heterocycles. The maximum Gasteiger partial charge on any atom is 0.0856 e. The monoisotopic (exact) mass is 216 g/mol. The average Bonchev–Trinajstić information content (AvgIpc) is 2.28. The number of ether oxygens (including phenoxy) is 1. The van der Waals surface area contributed by atoms with Gasteiger partial charge in [0.05, 0.1) is 6.10 Å². The lowest BCUT2D eigenvalue weighted by Crippen LogP contribution is -2.31. The highest BCUT2D eigenvalue weighted by atomic mass is 16.5. The Labute approximate surface area is 97.8 Å². The summed E-state index contributed by atoms with van der Waals surface area (Å²) in [6.07, 6.45) is 4.29. The molecular weight excluding hydrogens is 196 g/mol. The van der Waals surface area contributed by atoms with Crippen molar-refractivity contribution in [1.82, 2.24) is 0 Å². The van der Waals surface area contributed by atoms with Gasteiger partial charge in [-0.15, -0.1) is 0 Å². The summed E-state index contributed by atoms with van der Waals surface area (Å²) in [5.41, 5.74) is 4.37. The third-order valence-corrected chi connectivity index (χ3v) is 4.08. The van der Waals surface area contributed by atoms with Gasteiger partial charge < -0.3 is 4.74 Å². The molecule has 0 saturated carbocycles. The number of aryl methyl sites for hydroxylation is 2. The first-order chi connectivity index (χ1) is 7.74. The Morgan fingerprint density at radius 2 is 2.19 bits per heavy atom. The van der Waals surface area contributed by atoms with Gasteiger partial charge in [-0.25, -0.2) is 0 Å². The second-order valence-electron chi connectivity index (χ2n) is 5.60. The zero-order chi connectivity index (χ0) is 11.1. The lowest BCUT2D eigenvalue weighted by Gasteiger charge is -2.39. The summed E-state index contributed by atoms with van der Waals surface area (Å²) in [6.45, 7) is 5.42. The van der Waals surface area contributed by atoms with Crippen molar-refractivity contribution < 1.29 is 4.74 Å². The Morgan fingerprint density at radius 1 is 1.31 bits per heavy atom. The Balaban J connectivity index is 1.94. The van der Waals surface area contributed by atoms with E-state index in [4.69, 9.17) is 4.74 Å². The van der Waals surface area contributed by atoms with Crippen LogP contribution in [0.3, 0.4) is 0 Å². The number of hydrogen-bond acceptors (Lipinski definition) is 1. The predicted molar refractivity (Wildman–Crippen MR) is 65.5 cm³/mol. The first-order valence-corrected chi connectivity index (χ1v) is 6.45. The van der Waals surface area contributed by atoms with E-state index in [0.29, 0.717) is 6.10 Å². The molecule has 16 heavy (non-hydrogen) atoms. The second kappa shape index (κ2) is 3.89. The van der Waals surface area contributed by atoms with Crippen LogP contribution in [0.2, 0.25) is 0 Å². The van der Waals surface area contributed by atoms with Crippen LogP contribution < -0.4 is 0 Å². The molecular formula is C15H20O. The molecule has 3 atom stereocenters. The molecule has 1 heterocycles. The number of fused-ring (bicyclic) bond motifs is 3. The molecule has 86 valence electrons. The van der Waals surface area contributed by atoms with Crippen molar-refractivity contribution in [3.05, 3.63) is 34.9 Å². The Hall–Kier alpha value is -0.820. The van der Waals surface area contributed by atoms with Crippen molar-refractivity contribution in [2.75, 3.05) is 6.61 Å². The van der Waals surface area contributed by atoms with Crippen LogP contribution in [0.15, 0.2) is 18.2 Å². The van der Waals surface area contributed by atoms with Crippen molar-refractivity contribution >= 4 is 0 Å². The van der Waals surface area contributed by atoms with Gasteiger partial charge in [0.1, 0.15) is 0 Å². The third-order valence-electron chi connectivity index (χ3n) is 4.08. The molecule has 1 aromatic carbocycles. The Kier molecular flexibility index (Phi) is 2.51. The Morgan fingerprint density at radius 3 is 3.06 bits per heavy atom. The quantitative estimate of drug-likeness (QED) is 0.643. The lowest BCUT2D eigenvalue weighted by molar-refractivity contribution is -0.0614. The summed E-state index contributed by atoms with van der Waals surface area (Å²) in [5.74, 6) is 1.51. The Bertz CT molecular complexity index is 396. The van der Waals surface area contributed by atoms with Gasteiger partial charge in [0.25, 0.3) is 0 Å². The van der Waals surface area contributed by atoms with Gasteiger partial charge in [-0.05, 0) is 49.1 Å². The molecule has 3 rings (SSSR count). The summed E-state index contributed by atoms with van der Waals surface area (Å²) in [7, 11) is 0. The largest absolute Gasteiger partial charge is 0.373 e. The van der Waals surface area contributed by atoms with Crippen molar-refractivity contribution in [2.45, 2.75) is 39.2 Å². The molecule has 1 saturated heterocycles. The van der Waals surface area contributed by atoms with Crippen LogP contribution in [0, 0.1) is 18.8 Å². The molecule has 0 bridgehead atoms. The fraction of sp³-hybridized carbons (Fsp3) is 0.600. The molecule has 1 fully saturated rings. The van der Waals surface area contributed by atoms with Crippen LogP contribution in [0.5, 0.6) is 0 Å². The number of hydrogen-bond donors (Lipinski definition) is 0. The smallest absolute Gasteiger partial charge is 0.0856 e. The molecule has 2 aliphatic rings. The van der Waals surface area contributed by atoms with E-state index in [9.17, 15) is 0 Å². The van der Waals surface area contributed by atoms with E-state index >= 15 is 0 Å². The maximum atomic E-state index is 6.06. The molecule has 0 N–H and O–H groups in total. The van der Waals surface area contributed by atoms with Crippen molar-refractivity contribution in [3.63, 3.8) is 0 Å². The SMILES string of the molecule is Cc1ccc2c(c1)CCC1CC(C)COC21. The molecule has 0 aromatic heterocycles. The van der Waals surface area contributed by atoms with Crippen LogP contribution >= 0.6 is 0 Å². The van der Waals surface area contributed by atoms with E-state index in [0.717, 1.165) is 18.4 Å². The molecule has 3 unspecified atom stereocenters. The van der Waals surface area contributed by atoms with E-state index in [1.807, 2.05) is 0 Å². The minimum atomic E-state index is 0.389. The summed E-state index contributed by atoms with van der Waals surface area (Å²) in [6, 6.07) is 6.85. The van der Waals surface area contributed by atoms with Crippen LogP contribution in [0.4, 0.5) is 0 Å². The lowest BCUT2D eigenvalue weighted by atomic mass is 9.75. The minimum Gasteiger partial charge on any atom is -0.373 e. The topological polar surface area (TPSA) is 9.23 Å². The fourth-order valence-electron chi connectivity index (χ4n) is 3.29. The molecule has 0 radical (unpaired) electrons.